The maximum absolute atomic E-state index is 13.4. The predicted molar refractivity (Wildman–Crippen MR) is 127 cm³/mol. The van der Waals surface area contributed by atoms with Crippen LogP contribution in [0.4, 0.5) is 19.0 Å². The van der Waals surface area contributed by atoms with Gasteiger partial charge in [-0.3, -0.25) is 9.48 Å². The third-order valence-corrected chi connectivity index (χ3v) is 8.15. The molecule has 5 nitrogen and oxygen atoms in total. The lowest BCUT2D eigenvalue weighted by atomic mass is 9.75. The zero-order valence-electron chi connectivity index (χ0n) is 19.8. The minimum absolute atomic E-state index is 0.0456. The lowest BCUT2D eigenvalue weighted by molar-refractivity contribution is -0.137. The van der Waals surface area contributed by atoms with Gasteiger partial charge in [0.05, 0.1) is 16.1 Å². The average Bonchev–Trinajstić information content (AvgIpc) is 3.09. The highest BCUT2D eigenvalue weighted by Crippen LogP contribution is 2.44. The van der Waals surface area contributed by atoms with Gasteiger partial charge in [0.1, 0.15) is 0 Å². The Balaban J connectivity index is 1.48. The Bertz CT molecular complexity index is 1070. The van der Waals surface area contributed by atoms with E-state index in [1.54, 1.807) is 0 Å². The van der Waals surface area contributed by atoms with Crippen molar-refractivity contribution in [3.63, 3.8) is 0 Å². The van der Waals surface area contributed by atoms with E-state index in [9.17, 15) is 18.0 Å². The second-order valence-electron chi connectivity index (χ2n) is 9.96. The van der Waals surface area contributed by atoms with Crippen LogP contribution in [0.15, 0.2) is 12.1 Å². The molecule has 1 amide bonds. The molecule has 2 aromatic rings. The molecule has 0 bridgehead atoms. The van der Waals surface area contributed by atoms with Crippen LogP contribution in [0, 0.1) is 5.92 Å². The van der Waals surface area contributed by atoms with Gasteiger partial charge in [0.25, 0.3) is 0 Å². The van der Waals surface area contributed by atoms with Crippen molar-refractivity contribution in [1.29, 1.82) is 0 Å². The number of aromatic nitrogens is 2. The van der Waals surface area contributed by atoms with Crippen LogP contribution in [-0.2, 0) is 19.6 Å². The largest absolute Gasteiger partial charge is 0.416 e. The Kier molecular flexibility index (Phi) is 6.91. The maximum atomic E-state index is 13.4. The Morgan fingerprint density at radius 1 is 1.24 bits per heavy atom. The smallest absolute Gasteiger partial charge is 0.366 e. The van der Waals surface area contributed by atoms with Crippen LogP contribution in [0.5, 0.6) is 0 Å². The number of alkyl halides is 3. The number of anilines is 1. The number of halogens is 4. The highest BCUT2D eigenvalue weighted by molar-refractivity contribution is 6.34. The van der Waals surface area contributed by atoms with E-state index in [0.29, 0.717) is 30.2 Å². The van der Waals surface area contributed by atoms with E-state index in [4.69, 9.17) is 22.4 Å². The summed E-state index contributed by atoms with van der Waals surface area (Å²) in [6.45, 7) is 4.40. The van der Waals surface area contributed by atoms with Gasteiger partial charge >= 0.3 is 6.18 Å². The van der Waals surface area contributed by atoms with Crippen molar-refractivity contribution in [2.75, 3.05) is 5.32 Å². The molecule has 0 saturated heterocycles. The lowest BCUT2D eigenvalue weighted by Gasteiger charge is -2.34. The molecule has 4 rings (SSSR count). The molecule has 186 valence electrons. The number of hydrogen-bond acceptors (Lipinski definition) is 3. The van der Waals surface area contributed by atoms with Crippen molar-refractivity contribution in [2.45, 2.75) is 82.8 Å². The van der Waals surface area contributed by atoms with Crippen LogP contribution in [0.1, 0.15) is 97.0 Å². The minimum Gasteiger partial charge on any atom is -0.366 e. The molecule has 3 N–H and O–H groups in total. The maximum Gasteiger partial charge on any atom is 0.416 e. The number of aryl methyl sites for hydroxylation is 1. The molecule has 1 heterocycles. The molecule has 34 heavy (non-hydrogen) atoms. The number of benzene rings is 1. The van der Waals surface area contributed by atoms with Crippen molar-refractivity contribution in [3.8, 4) is 0 Å². The van der Waals surface area contributed by atoms with Crippen LogP contribution < -0.4 is 11.1 Å². The average molecular weight is 497 g/mol. The molecule has 1 saturated carbocycles. The molecular weight excluding hydrogens is 465 g/mol. The summed E-state index contributed by atoms with van der Waals surface area (Å²) in [6.07, 6.45) is 1.93. The standard InChI is InChI=1S/C25H32ClF3N4O/c1-13-5-4-6-20-21(13)24(32-33(20)3)31-14(2)15-7-9-16(10-8-15)18-11-17(25(27,28)29)12-19(22(18)26)23(30)34/h11-16H,4-10H2,1-3H3,(H2,30,34)(H,31,32). The van der Waals surface area contributed by atoms with Gasteiger partial charge in [-0.2, -0.15) is 18.3 Å². The van der Waals surface area contributed by atoms with Gasteiger partial charge in [-0.1, -0.05) is 18.5 Å². The Labute approximate surface area is 203 Å². The SMILES string of the molecule is CC1CCCc2c1c(NC(C)C1CCC(c3cc(C(F)(F)F)cc(C(N)=O)c3Cl)CC1)nn2C. The van der Waals surface area contributed by atoms with Crippen LogP contribution in [0.2, 0.25) is 5.02 Å². The van der Waals surface area contributed by atoms with Crippen LogP contribution >= 0.6 is 11.6 Å². The van der Waals surface area contributed by atoms with Crippen LogP contribution in [0.25, 0.3) is 0 Å². The van der Waals surface area contributed by atoms with Crippen molar-refractivity contribution in [3.05, 3.63) is 45.1 Å². The lowest BCUT2D eigenvalue weighted by Crippen LogP contribution is -2.30. The van der Waals surface area contributed by atoms with E-state index in [-0.39, 0.29) is 22.5 Å². The van der Waals surface area contributed by atoms with E-state index < -0.39 is 17.6 Å². The van der Waals surface area contributed by atoms with Gasteiger partial charge in [-0.05, 0) is 87.3 Å². The summed E-state index contributed by atoms with van der Waals surface area (Å²) in [5.41, 5.74) is 7.17. The Hall–Kier alpha value is -2.22. The highest BCUT2D eigenvalue weighted by Gasteiger charge is 2.35. The van der Waals surface area contributed by atoms with Gasteiger partial charge < -0.3 is 11.1 Å². The molecule has 1 aromatic heterocycles. The number of carbonyl (C=O) groups excluding carboxylic acids is 1. The van der Waals surface area contributed by atoms with E-state index in [2.05, 4.69) is 19.2 Å². The first-order valence-electron chi connectivity index (χ1n) is 12.0. The molecule has 2 aliphatic rings. The highest BCUT2D eigenvalue weighted by atomic mass is 35.5. The van der Waals surface area contributed by atoms with Gasteiger partial charge in [0, 0.05) is 24.3 Å². The third kappa shape index (κ3) is 4.79. The van der Waals surface area contributed by atoms with Crippen molar-refractivity contribution < 1.29 is 18.0 Å². The number of amides is 1. The summed E-state index contributed by atoms with van der Waals surface area (Å²) in [4.78, 5) is 11.7. The third-order valence-electron chi connectivity index (χ3n) is 7.73. The first-order valence-corrected chi connectivity index (χ1v) is 12.4. The molecular formula is C25H32ClF3N4O. The fourth-order valence-electron chi connectivity index (χ4n) is 5.77. The number of hydrogen-bond donors (Lipinski definition) is 2. The number of nitrogens with zero attached hydrogens (tertiary/aromatic N) is 2. The molecule has 0 spiro atoms. The number of nitrogens with two attached hydrogens (primary N) is 1. The molecule has 1 aromatic carbocycles. The first-order chi connectivity index (χ1) is 16.0. The minimum atomic E-state index is -4.57. The molecule has 2 unspecified atom stereocenters. The summed E-state index contributed by atoms with van der Waals surface area (Å²) in [5, 5.41) is 8.44. The summed E-state index contributed by atoms with van der Waals surface area (Å²) in [6, 6.07) is 2.02. The van der Waals surface area contributed by atoms with Crippen molar-refractivity contribution in [1.82, 2.24) is 9.78 Å². The number of carbonyl (C=O) groups is 1. The Morgan fingerprint density at radius 2 is 1.91 bits per heavy atom. The number of primary amides is 1. The molecule has 1 fully saturated rings. The van der Waals surface area contributed by atoms with Gasteiger partial charge in [-0.25, -0.2) is 0 Å². The number of nitrogens with one attached hydrogen (secondary N) is 1. The van der Waals surface area contributed by atoms with E-state index in [0.717, 1.165) is 43.6 Å². The van der Waals surface area contributed by atoms with Gasteiger partial charge in [0.15, 0.2) is 5.82 Å². The van der Waals surface area contributed by atoms with Crippen molar-refractivity contribution in [2.24, 2.45) is 18.7 Å². The summed E-state index contributed by atoms with van der Waals surface area (Å²) in [7, 11) is 2.00. The van der Waals surface area contributed by atoms with E-state index >= 15 is 0 Å². The normalized spacial score (nSPS) is 23.9. The van der Waals surface area contributed by atoms with Gasteiger partial charge in [-0.15, -0.1) is 0 Å². The molecule has 0 radical (unpaired) electrons. The van der Waals surface area contributed by atoms with Gasteiger partial charge in [0.2, 0.25) is 5.91 Å². The van der Waals surface area contributed by atoms with E-state index in [1.165, 1.54) is 17.7 Å². The quantitative estimate of drug-likeness (QED) is 0.502. The second kappa shape index (κ2) is 9.44. The predicted octanol–water partition coefficient (Wildman–Crippen LogP) is 6.41. The molecule has 2 aliphatic carbocycles. The second-order valence-corrected chi connectivity index (χ2v) is 10.3. The van der Waals surface area contributed by atoms with Crippen LogP contribution in [0.3, 0.4) is 0 Å². The molecule has 0 aliphatic heterocycles. The van der Waals surface area contributed by atoms with Crippen LogP contribution in [-0.4, -0.2) is 21.7 Å². The summed E-state index contributed by atoms with van der Waals surface area (Å²) < 4.78 is 42.3. The first kappa shape index (κ1) is 24.9. The summed E-state index contributed by atoms with van der Waals surface area (Å²) in [5.74, 6) is 0.723. The fourth-order valence-corrected chi connectivity index (χ4v) is 6.12. The number of rotatable bonds is 5. The van der Waals surface area contributed by atoms with E-state index in [1.807, 2.05) is 11.7 Å². The zero-order valence-corrected chi connectivity index (χ0v) is 20.6. The van der Waals surface area contributed by atoms with Crippen molar-refractivity contribution >= 4 is 23.3 Å². The molecule has 9 heteroatoms. The fraction of sp³-hybridized carbons (Fsp3) is 0.600. The Morgan fingerprint density at radius 3 is 2.53 bits per heavy atom. The topological polar surface area (TPSA) is 72.9 Å². The zero-order chi connectivity index (χ0) is 24.8. The summed E-state index contributed by atoms with van der Waals surface area (Å²) >= 11 is 6.36. The molecule has 2 atom stereocenters. The monoisotopic (exact) mass is 496 g/mol. The number of fused-ring (bicyclic) bond motifs is 1.